The molecule has 0 spiro atoms. The number of carbonyl (C=O) groups excluding carboxylic acids is 1. The highest BCUT2D eigenvalue weighted by Gasteiger charge is 2.29. The summed E-state index contributed by atoms with van der Waals surface area (Å²) in [5.41, 5.74) is 4.87. The number of benzene rings is 2. The summed E-state index contributed by atoms with van der Waals surface area (Å²) in [4.78, 5) is 15.3. The minimum absolute atomic E-state index is 0.194. The van der Waals surface area contributed by atoms with E-state index in [-0.39, 0.29) is 6.04 Å². The number of carbonyl (C=O) groups is 1. The minimum atomic E-state index is 0.194. The molecule has 3 N–H and O–H groups in total. The molecular weight excluding hydrogens is 390 g/mol. The van der Waals surface area contributed by atoms with Gasteiger partial charge in [0.05, 0.1) is 13.2 Å². The van der Waals surface area contributed by atoms with Gasteiger partial charge in [-0.05, 0) is 54.9 Å². The number of hydrogen-bond donors (Lipinski definition) is 3. The number of H-pyrrole nitrogens is 1. The quantitative estimate of drug-likeness (QED) is 0.339. The van der Waals surface area contributed by atoms with Crippen LogP contribution in [0.25, 0.3) is 10.9 Å². The predicted molar refractivity (Wildman–Crippen MR) is 116 cm³/mol. The molecule has 0 saturated carbocycles. The maximum absolute atomic E-state index is 9.80. The number of halogens is 1. The molecule has 2 heterocycles. The molecule has 1 atom stereocenters. The third-order valence-corrected chi connectivity index (χ3v) is 5.29. The summed E-state index contributed by atoms with van der Waals surface area (Å²) >= 11 is 5.16. The summed E-state index contributed by atoms with van der Waals surface area (Å²) in [6.45, 7) is 1.55. The molecule has 1 aromatic heterocycles. The van der Waals surface area contributed by atoms with E-state index in [4.69, 9.17) is 16.3 Å². The first-order valence-electron chi connectivity index (χ1n) is 9.49. The van der Waals surface area contributed by atoms with E-state index in [2.05, 4.69) is 34.4 Å². The molecule has 0 bridgehead atoms. The summed E-state index contributed by atoms with van der Waals surface area (Å²) in [7, 11) is 3.84. The van der Waals surface area contributed by atoms with Gasteiger partial charge in [0, 0.05) is 35.6 Å². The van der Waals surface area contributed by atoms with Crippen LogP contribution in [0.5, 0.6) is 11.5 Å². The average molecular weight is 416 g/mol. The third-order valence-electron chi connectivity index (χ3n) is 5.11. The van der Waals surface area contributed by atoms with Crippen LogP contribution < -0.4 is 10.1 Å². The Morgan fingerprint density at radius 3 is 2.69 bits per heavy atom. The smallest absolute Gasteiger partial charge is 0.207 e. The molecule has 4 rings (SSSR count). The van der Waals surface area contributed by atoms with Gasteiger partial charge >= 0.3 is 0 Å². The highest BCUT2D eigenvalue weighted by molar-refractivity contribution is 6.18. The Morgan fingerprint density at radius 1 is 1.31 bits per heavy atom. The SMILES string of the molecule is COc1ccc(C2c3[nH]c4ccc(O)cc4c3CCN2C)cc1.O=CNCCCl. The summed E-state index contributed by atoms with van der Waals surface area (Å²) in [6.07, 6.45) is 1.62. The van der Waals surface area contributed by atoms with E-state index in [1.54, 1.807) is 13.2 Å². The van der Waals surface area contributed by atoms with Crippen molar-refractivity contribution in [1.82, 2.24) is 15.2 Å². The monoisotopic (exact) mass is 415 g/mol. The summed E-state index contributed by atoms with van der Waals surface area (Å²) < 4.78 is 5.26. The molecular formula is C22H26ClN3O3. The van der Waals surface area contributed by atoms with E-state index >= 15 is 0 Å². The molecule has 2 aromatic carbocycles. The number of aromatic amines is 1. The topological polar surface area (TPSA) is 77.6 Å². The first-order valence-corrected chi connectivity index (χ1v) is 10.0. The minimum Gasteiger partial charge on any atom is -0.508 e. The second-order valence-corrected chi connectivity index (χ2v) is 7.29. The maximum Gasteiger partial charge on any atom is 0.207 e. The number of aromatic hydroxyl groups is 1. The molecule has 29 heavy (non-hydrogen) atoms. The molecule has 0 radical (unpaired) electrons. The Bertz CT molecular complexity index is 956. The van der Waals surface area contributed by atoms with E-state index in [9.17, 15) is 9.90 Å². The van der Waals surface area contributed by atoms with Crippen molar-refractivity contribution in [3.05, 3.63) is 59.3 Å². The van der Waals surface area contributed by atoms with E-state index in [1.807, 2.05) is 24.3 Å². The number of fused-ring (bicyclic) bond motifs is 3. The van der Waals surface area contributed by atoms with E-state index in [0.717, 1.165) is 29.6 Å². The van der Waals surface area contributed by atoms with Crippen molar-refractivity contribution in [1.29, 1.82) is 0 Å². The number of alkyl halides is 1. The van der Waals surface area contributed by atoms with Crippen molar-refractivity contribution in [2.45, 2.75) is 12.5 Å². The van der Waals surface area contributed by atoms with Gasteiger partial charge < -0.3 is 20.1 Å². The summed E-state index contributed by atoms with van der Waals surface area (Å²) in [6, 6.07) is 14.0. The zero-order valence-corrected chi connectivity index (χ0v) is 17.4. The Kier molecular flexibility index (Phi) is 7.01. The number of rotatable bonds is 5. The van der Waals surface area contributed by atoms with Crippen LogP contribution in [0.3, 0.4) is 0 Å². The van der Waals surface area contributed by atoms with Gasteiger partial charge in [-0.2, -0.15) is 0 Å². The largest absolute Gasteiger partial charge is 0.508 e. The van der Waals surface area contributed by atoms with Crippen LogP contribution in [0.15, 0.2) is 42.5 Å². The fourth-order valence-electron chi connectivity index (χ4n) is 3.72. The third kappa shape index (κ3) is 4.66. The molecule has 154 valence electrons. The van der Waals surface area contributed by atoms with Gasteiger partial charge in [0.2, 0.25) is 6.41 Å². The lowest BCUT2D eigenvalue weighted by Crippen LogP contribution is -2.32. The Hall–Kier alpha value is -2.70. The number of nitrogens with zero attached hydrogens (tertiary/aromatic N) is 1. The molecule has 1 amide bonds. The maximum atomic E-state index is 9.80. The standard InChI is InChI=1S/C19H20N2O2.C3H6ClNO/c1-21-10-9-15-16-11-13(22)5-8-17(16)20-18(15)19(21)12-3-6-14(23-2)7-4-12;4-1-2-5-3-6/h3-8,11,19-20,22H,9-10H2,1-2H3;3H,1-2H2,(H,5,6). The van der Waals surface area contributed by atoms with Crippen molar-refractivity contribution in [3.8, 4) is 11.5 Å². The van der Waals surface area contributed by atoms with Gasteiger partial charge in [-0.25, -0.2) is 0 Å². The highest BCUT2D eigenvalue weighted by Crippen LogP contribution is 2.38. The van der Waals surface area contributed by atoms with Gasteiger partial charge in [0.1, 0.15) is 11.5 Å². The van der Waals surface area contributed by atoms with Gasteiger partial charge in [0.15, 0.2) is 0 Å². The fraction of sp³-hybridized carbons (Fsp3) is 0.318. The van der Waals surface area contributed by atoms with E-state index in [1.165, 1.54) is 16.8 Å². The average Bonchev–Trinajstić information content (AvgIpc) is 3.10. The number of likely N-dealkylation sites (N-methyl/N-ethyl adjacent to an activating group) is 1. The normalized spacial score (nSPS) is 15.9. The highest BCUT2D eigenvalue weighted by atomic mass is 35.5. The van der Waals surface area contributed by atoms with E-state index < -0.39 is 0 Å². The summed E-state index contributed by atoms with van der Waals surface area (Å²) in [5.74, 6) is 1.67. The number of nitrogens with one attached hydrogen (secondary N) is 2. The number of amides is 1. The second-order valence-electron chi connectivity index (χ2n) is 6.91. The number of ether oxygens (including phenoxy) is 1. The van der Waals surface area contributed by atoms with Crippen LogP contribution >= 0.6 is 11.6 Å². The van der Waals surface area contributed by atoms with Gasteiger partial charge in [-0.3, -0.25) is 9.69 Å². The molecule has 1 unspecified atom stereocenters. The number of phenols is 1. The Morgan fingerprint density at radius 2 is 2.07 bits per heavy atom. The van der Waals surface area contributed by atoms with Gasteiger partial charge in [-0.1, -0.05) is 12.1 Å². The van der Waals surface area contributed by atoms with Crippen molar-refractivity contribution in [3.63, 3.8) is 0 Å². The van der Waals surface area contributed by atoms with Crippen LogP contribution in [-0.4, -0.2) is 54.5 Å². The van der Waals surface area contributed by atoms with Gasteiger partial charge in [-0.15, -0.1) is 11.6 Å². The number of hydrogen-bond acceptors (Lipinski definition) is 4. The lowest BCUT2D eigenvalue weighted by atomic mass is 9.93. The number of methoxy groups -OCH3 is 1. The van der Waals surface area contributed by atoms with Crippen molar-refractivity contribution < 1.29 is 14.6 Å². The number of aromatic nitrogens is 1. The van der Waals surface area contributed by atoms with Crippen molar-refractivity contribution >= 4 is 28.9 Å². The van der Waals surface area contributed by atoms with Crippen LogP contribution in [0.1, 0.15) is 22.9 Å². The van der Waals surface area contributed by atoms with Gasteiger partial charge in [0.25, 0.3) is 0 Å². The first-order chi connectivity index (χ1) is 14.1. The van der Waals surface area contributed by atoms with Crippen LogP contribution in [0.2, 0.25) is 0 Å². The lowest BCUT2D eigenvalue weighted by Gasteiger charge is -2.33. The Labute approximate surface area is 175 Å². The molecule has 0 saturated heterocycles. The van der Waals surface area contributed by atoms with Crippen molar-refractivity contribution in [2.75, 3.05) is 33.1 Å². The molecule has 6 nitrogen and oxygen atoms in total. The Balaban J connectivity index is 0.000000353. The molecule has 0 fully saturated rings. The van der Waals surface area contributed by atoms with Crippen LogP contribution in [-0.2, 0) is 11.2 Å². The van der Waals surface area contributed by atoms with Crippen LogP contribution in [0.4, 0.5) is 0 Å². The van der Waals surface area contributed by atoms with E-state index in [0.29, 0.717) is 24.6 Å². The second kappa shape index (κ2) is 9.67. The molecule has 1 aliphatic rings. The molecule has 0 aliphatic carbocycles. The van der Waals surface area contributed by atoms with Crippen LogP contribution in [0, 0.1) is 0 Å². The zero-order chi connectivity index (χ0) is 20.8. The zero-order valence-electron chi connectivity index (χ0n) is 16.6. The fourth-order valence-corrected chi connectivity index (χ4v) is 3.83. The summed E-state index contributed by atoms with van der Waals surface area (Å²) in [5, 5.41) is 13.3. The first kappa shape index (κ1) is 21.0. The predicted octanol–water partition coefficient (Wildman–Crippen LogP) is 3.43. The lowest BCUT2D eigenvalue weighted by molar-refractivity contribution is -0.109. The van der Waals surface area contributed by atoms with Crippen molar-refractivity contribution in [2.24, 2.45) is 0 Å². The molecule has 3 aromatic rings. The molecule has 1 aliphatic heterocycles. The molecule has 7 heteroatoms. The number of phenolic OH excluding ortho intramolecular Hbond substituents is 1.